The molecule has 1 heterocycles. The third-order valence-corrected chi connectivity index (χ3v) is 4.22. The smallest absolute Gasteiger partial charge is 0.227 e. The van der Waals surface area contributed by atoms with Crippen LogP contribution < -0.4 is 10.2 Å². The summed E-state index contributed by atoms with van der Waals surface area (Å²) >= 11 is 5.96. The van der Waals surface area contributed by atoms with Gasteiger partial charge in [-0.25, -0.2) is 0 Å². The number of hydrogen-bond acceptors (Lipinski definition) is 2. The number of rotatable bonds is 4. The maximum absolute atomic E-state index is 12.2. The number of benzene rings is 1. The van der Waals surface area contributed by atoms with Crippen LogP contribution in [0.3, 0.4) is 0 Å². The molecule has 1 aliphatic rings. The van der Waals surface area contributed by atoms with Crippen LogP contribution >= 0.6 is 11.6 Å². The largest absolute Gasteiger partial charge is 0.353 e. The molecule has 2 rings (SSSR count). The van der Waals surface area contributed by atoms with E-state index in [1.807, 2.05) is 13.0 Å². The zero-order valence-electron chi connectivity index (χ0n) is 12.6. The van der Waals surface area contributed by atoms with Gasteiger partial charge in [0.15, 0.2) is 0 Å². The lowest BCUT2D eigenvalue weighted by Gasteiger charge is -2.20. The summed E-state index contributed by atoms with van der Waals surface area (Å²) in [4.78, 5) is 26.0. The van der Waals surface area contributed by atoms with E-state index < -0.39 is 0 Å². The first-order chi connectivity index (χ1) is 9.88. The van der Waals surface area contributed by atoms with Crippen LogP contribution in [0.25, 0.3) is 0 Å². The van der Waals surface area contributed by atoms with Gasteiger partial charge < -0.3 is 10.2 Å². The van der Waals surface area contributed by atoms with E-state index in [1.165, 1.54) is 0 Å². The number of carbonyl (C=O) groups is 2. The maximum atomic E-state index is 12.2. The highest BCUT2D eigenvalue weighted by Crippen LogP contribution is 2.27. The van der Waals surface area contributed by atoms with Crippen molar-refractivity contribution in [2.75, 3.05) is 11.4 Å². The Morgan fingerprint density at radius 1 is 1.38 bits per heavy atom. The van der Waals surface area contributed by atoms with Gasteiger partial charge in [0.05, 0.1) is 5.92 Å². The van der Waals surface area contributed by atoms with Crippen molar-refractivity contribution in [3.8, 4) is 0 Å². The van der Waals surface area contributed by atoms with E-state index in [0.29, 0.717) is 17.5 Å². The van der Waals surface area contributed by atoms with E-state index in [1.54, 1.807) is 23.1 Å². The minimum Gasteiger partial charge on any atom is -0.353 e. The molecule has 0 spiro atoms. The molecule has 114 valence electrons. The van der Waals surface area contributed by atoms with E-state index in [9.17, 15) is 9.59 Å². The lowest BCUT2D eigenvalue weighted by Crippen LogP contribution is -2.40. The number of carbonyl (C=O) groups excluding carboxylic acids is 2. The number of nitrogens with zero attached hydrogens (tertiary/aromatic N) is 1. The Bertz CT molecular complexity index is 545. The quantitative estimate of drug-likeness (QED) is 0.930. The van der Waals surface area contributed by atoms with Gasteiger partial charge in [-0.15, -0.1) is 0 Å². The summed E-state index contributed by atoms with van der Waals surface area (Å²) in [5.74, 6) is -0.00327. The summed E-state index contributed by atoms with van der Waals surface area (Å²) in [6, 6.07) is 7.25. The summed E-state index contributed by atoms with van der Waals surface area (Å²) in [5, 5.41) is 3.57. The molecule has 0 aromatic heterocycles. The molecule has 0 radical (unpaired) electrons. The van der Waals surface area contributed by atoms with E-state index in [0.717, 1.165) is 5.69 Å². The van der Waals surface area contributed by atoms with E-state index in [-0.39, 0.29) is 30.2 Å². The van der Waals surface area contributed by atoms with Crippen LogP contribution in [-0.2, 0) is 9.59 Å². The second-order valence-corrected chi connectivity index (χ2v) is 6.36. The lowest BCUT2D eigenvalue weighted by molar-refractivity contribution is -0.127. The molecule has 2 amide bonds. The Labute approximate surface area is 130 Å². The van der Waals surface area contributed by atoms with E-state index in [4.69, 9.17) is 11.6 Å². The van der Waals surface area contributed by atoms with Crippen LogP contribution in [0.15, 0.2) is 24.3 Å². The van der Waals surface area contributed by atoms with Gasteiger partial charge in [0, 0.05) is 29.7 Å². The SMILES string of the molecule is CC(C)C(C)NC(=O)C1CC(=O)N(c2cccc(Cl)c2)C1. The maximum Gasteiger partial charge on any atom is 0.227 e. The topological polar surface area (TPSA) is 49.4 Å². The van der Waals surface area contributed by atoms with Crippen molar-refractivity contribution in [1.82, 2.24) is 5.32 Å². The monoisotopic (exact) mass is 308 g/mol. The number of nitrogens with one attached hydrogen (secondary N) is 1. The summed E-state index contributed by atoms with van der Waals surface area (Å²) in [6.07, 6.45) is 0.253. The highest BCUT2D eigenvalue weighted by molar-refractivity contribution is 6.30. The van der Waals surface area contributed by atoms with Crippen molar-refractivity contribution in [3.63, 3.8) is 0 Å². The molecule has 0 bridgehead atoms. The summed E-state index contributed by atoms with van der Waals surface area (Å²) in [6.45, 7) is 6.51. The molecule has 1 aliphatic heterocycles. The lowest BCUT2D eigenvalue weighted by atomic mass is 10.0. The Morgan fingerprint density at radius 2 is 2.10 bits per heavy atom. The number of anilines is 1. The van der Waals surface area contributed by atoms with Crippen molar-refractivity contribution in [3.05, 3.63) is 29.3 Å². The Morgan fingerprint density at radius 3 is 2.71 bits per heavy atom. The zero-order valence-corrected chi connectivity index (χ0v) is 13.4. The molecular formula is C16H21ClN2O2. The van der Waals surface area contributed by atoms with E-state index >= 15 is 0 Å². The van der Waals surface area contributed by atoms with Crippen molar-refractivity contribution < 1.29 is 9.59 Å². The van der Waals surface area contributed by atoms with E-state index in [2.05, 4.69) is 19.2 Å². The van der Waals surface area contributed by atoms with Gasteiger partial charge in [-0.05, 0) is 31.0 Å². The van der Waals surface area contributed by atoms with Crippen LogP contribution in [0.4, 0.5) is 5.69 Å². The second kappa shape index (κ2) is 6.48. The average molecular weight is 309 g/mol. The van der Waals surface area contributed by atoms with Crippen molar-refractivity contribution in [2.45, 2.75) is 33.2 Å². The van der Waals surface area contributed by atoms with Gasteiger partial charge in [-0.3, -0.25) is 9.59 Å². The molecule has 0 saturated carbocycles. The molecule has 1 saturated heterocycles. The molecule has 1 fully saturated rings. The molecule has 21 heavy (non-hydrogen) atoms. The number of halogens is 1. The summed E-state index contributed by atoms with van der Waals surface area (Å²) in [7, 11) is 0. The summed E-state index contributed by atoms with van der Waals surface area (Å²) in [5.41, 5.74) is 0.750. The minimum absolute atomic E-state index is 0.0328. The molecule has 4 nitrogen and oxygen atoms in total. The van der Waals surface area contributed by atoms with Crippen LogP contribution in [0, 0.1) is 11.8 Å². The molecular weight excluding hydrogens is 288 g/mol. The standard InChI is InChI=1S/C16H21ClN2O2/c1-10(2)11(3)18-16(21)12-7-15(20)19(9-12)14-6-4-5-13(17)8-14/h4-6,8,10-12H,7,9H2,1-3H3,(H,18,21). The molecule has 0 aliphatic carbocycles. The normalized spacial score (nSPS) is 20.0. The second-order valence-electron chi connectivity index (χ2n) is 5.93. The van der Waals surface area contributed by atoms with Crippen LogP contribution in [0.2, 0.25) is 5.02 Å². The first-order valence-corrected chi connectivity index (χ1v) is 7.62. The van der Waals surface area contributed by atoms with Gasteiger partial charge >= 0.3 is 0 Å². The molecule has 2 unspecified atom stereocenters. The first kappa shape index (κ1) is 15.8. The highest BCUT2D eigenvalue weighted by atomic mass is 35.5. The number of hydrogen-bond donors (Lipinski definition) is 1. The zero-order chi connectivity index (χ0) is 15.6. The third kappa shape index (κ3) is 3.76. The van der Waals surface area contributed by atoms with Gasteiger partial charge in [-0.2, -0.15) is 0 Å². The van der Waals surface area contributed by atoms with Gasteiger partial charge in [0.25, 0.3) is 0 Å². The molecule has 2 atom stereocenters. The van der Waals surface area contributed by atoms with Crippen LogP contribution in [0.5, 0.6) is 0 Å². The molecule has 1 N–H and O–H groups in total. The van der Waals surface area contributed by atoms with Crippen molar-refractivity contribution >= 4 is 29.1 Å². The fourth-order valence-electron chi connectivity index (χ4n) is 2.29. The molecule has 1 aromatic rings. The Hall–Kier alpha value is -1.55. The minimum atomic E-state index is -0.294. The summed E-state index contributed by atoms with van der Waals surface area (Å²) < 4.78 is 0. The fourth-order valence-corrected chi connectivity index (χ4v) is 2.47. The third-order valence-electron chi connectivity index (χ3n) is 3.99. The fraction of sp³-hybridized carbons (Fsp3) is 0.500. The Kier molecular flexibility index (Phi) is 4.88. The molecule has 1 aromatic carbocycles. The highest BCUT2D eigenvalue weighted by Gasteiger charge is 2.35. The molecule has 5 heteroatoms. The van der Waals surface area contributed by atoms with Gasteiger partial charge in [0.1, 0.15) is 0 Å². The predicted molar refractivity (Wildman–Crippen MR) is 84.4 cm³/mol. The average Bonchev–Trinajstić information content (AvgIpc) is 2.80. The van der Waals surface area contributed by atoms with Crippen LogP contribution in [0.1, 0.15) is 27.2 Å². The predicted octanol–water partition coefficient (Wildman–Crippen LogP) is 2.85. The first-order valence-electron chi connectivity index (χ1n) is 7.24. The Balaban J connectivity index is 2.04. The van der Waals surface area contributed by atoms with Gasteiger partial charge in [-0.1, -0.05) is 31.5 Å². The number of amides is 2. The van der Waals surface area contributed by atoms with Crippen LogP contribution in [-0.4, -0.2) is 24.4 Å². The van der Waals surface area contributed by atoms with Crippen molar-refractivity contribution in [1.29, 1.82) is 0 Å². The van der Waals surface area contributed by atoms with Gasteiger partial charge in [0.2, 0.25) is 11.8 Å². The van der Waals surface area contributed by atoms with Crippen molar-refractivity contribution in [2.24, 2.45) is 11.8 Å².